The first-order valence-electron chi connectivity index (χ1n) is 11.6. The summed E-state index contributed by atoms with van der Waals surface area (Å²) in [7, 11) is 1.29. The van der Waals surface area contributed by atoms with E-state index in [1.807, 2.05) is 0 Å². The molecule has 0 bridgehead atoms. The molecule has 1 N–H and O–H groups in total. The van der Waals surface area contributed by atoms with E-state index in [0.29, 0.717) is 11.4 Å². The van der Waals surface area contributed by atoms with Gasteiger partial charge >= 0.3 is 11.2 Å². The van der Waals surface area contributed by atoms with E-state index >= 15 is 4.39 Å². The highest BCUT2D eigenvalue weighted by Crippen LogP contribution is 2.48. The number of halogens is 2. The summed E-state index contributed by atoms with van der Waals surface area (Å²) in [5.74, 6) is -2.91. The molecule has 0 aliphatic heterocycles. The molecule has 0 radical (unpaired) electrons. The number of methoxy groups -OCH3 is 1. The van der Waals surface area contributed by atoms with E-state index in [1.54, 1.807) is 0 Å². The van der Waals surface area contributed by atoms with Crippen LogP contribution < -0.4 is 10.3 Å². The lowest BCUT2D eigenvalue weighted by molar-refractivity contribution is -0.387. The third-order valence-corrected chi connectivity index (χ3v) is 6.70. The molecule has 10 nitrogen and oxygen atoms in total. The second kappa shape index (κ2) is 8.29. The topological polar surface area (TPSA) is 133 Å². The minimum Gasteiger partial charge on any atom is -0.501 e. The van der Waals surface area contributed by atoms with Gasteiger partial charge in [0.25, 0.3) is 0 Å². The molecule has 2 saturated carbocycles. The Morgan fingerprint density at radius 2 is 1.76 bits per heavy atom. The van der Waals surface area contributed by atoms with Crippen LogP contribution in [0.25, 0.3) is 28.0 Å². The van der Waals surface area contributed by atoms with Crippen LogP contribution in [0, 0.1) is 21.7 Å². The lowest BCUT2D eigenvalue weighted by atomic mass is 10.1. The van der Waals surface area contributed by atoms with E-state index in [4.69, 9.17) is 4.74 Å². The molecule has 4 aromatic rings. The summed E-state index contributed by atoms with van der Waals surface area (Å²) in [6.45, 7) is 0. The van der Waals surface area contributed by atoms with Crippen molar-refractivity contribution in [3.63, 3.8) is 0 Å². The highest BCUT2D eigenvalue weighted by molar-refractivity contribution is 5.90. The van der Waals surface area contributed by atoms with Crippen LogP contribution in [0.4, 0.5) is 14.5 Å². The lowest BCUT2D eigenvalue weighted by Gasteiger charge is -2.18. The number of rotatable bonds is 6. The number of nitro groups is 1. The molecule has 37 heavy (non-hydrogen) atoms. The molecule has 0 amide bonds. The first kappa shape index (κ1) is 23.0. The fraction of sp³-hybridized carbons (Fsp3) is 0.280. The Labute approximate surface area is 207 Å². The van der Waals surface area contributed by atoms with Crippen LogP contribution in [0.3, 0.4) is 0 Å². The van der Waals surface area contributed by atoms with E-state index in [0.717, 1.165) is 42.4 Å². The van der Waals surface area contributed by atoms with Crippen molar-refractivity contribution < 1.29 is 23.5 Å². The number of hydrogen-bond acceptors (Lipinski definition) is 8. The molecule has 188 valence electrons. The molecular formula is C25H19F2N5O5. The standard InChI is InChI=1S/C25H19F2N5O5/c1-37-16-4-2-3-14(26)17(16)20-15(27)9-13-23(33)22(32(35)36)25(34)31(24(13)30-20)21-18(11-5-6-11)28-10-29-19(21)12-7-8-12/h2-4,9-12,33H,5-8H2,1H3. The second-order valence-electron chi connectivity index (χ2n) is 9.14. The molecular weight excluding hydrogens is 488 g/mol. The van der Waals surface area contributed by atoms with E-state index in [1.165, 1.54) is 25.6 Å². The van der Waals surface area contributed by atoms with Crippen molar-refractivity contribution in [3.8, 4) is 28.4 Å². The van der Waals surface area contributed by atoms with E-state index in [2.05, 4.69) is 15.0 Å². The maximum absolute atomic E-state index is 15.4. The molecule has 2 fully saturated rings. The van der Waals surface area contributed by atoms with Crippen LogP contribution in [0.15, 0.2) is 35.4 Å². The molecule has 3 aromatic heterocycles. The van der Waals surface area contributed by atoms with Crippen molar-refractivity contribution in [1.29, 1.82) is 0 Å². The van der Waals surface area contributed by atoms with Crippen LogP contribution in [0.5, 0.6) is 11.5 Å². The minimum absolute atomic E-state index is 0.00818. The summed E-state index contributed by atoms with van der Waals surface area (Å²) in [6, 6.07) is 4.71. The van der Waals surface area contributed by atoms with Gasteiger partial charge in [0.2, 0.25) is 5.75 Å². The van der Waals surface area contributed by atoms with Crippen LogP contribution in [-0.2, 0) is 0 Å². The molecule has 2 aliphatic rings. The SMILES string of the molecule is COc1cccc(F)c1-c1nc2c(cc1F)c(O)c([N+](=O)[O-])c(=O)n2-c1c(C2CC2)ncnc1C1CC1. The van der Waals surface area contributed by atoms with Gasteiger partial charge in [-0.05, 0) is 43.9 Å². The van der Waals surface area contributed by atoms with Gasteiger partial charge in [-0.3, -0.25) is 19.5 Å². The summed E-state index contributed by atoms with van der Waals surface area (Å²) in [5, 5.41) is 22.2. The maximum Gasteiger partial charge on any atom is 0.376 e. The lowest BCUT2D eigenvalue weighted by Crippen LogP contribution is -2.25. The van der Waals surface area contributed by atoms with Gasteiger partial charge in [0.1, 0.15) is 23.6 Å². The zero-order valence-corrected chi connectivity index (χ0v) is 19.4. The Morgan fingerprint density at radius 1 is 1.11 bits per heavy atom. The van der Waals surface area contributed by atoms with E-state index < -0.39 is 39.2 Å². The van der Waals surface area contributed by atoms with E-state index in [9.17, 15) is 24.4 Å². The molecule has 3 heterocycles. The Kier molecular flexibility index (Phi) is 5.14. The van der Waals surface area contributed by atoms with Gasteiger partial charge in [-0.25, -0.2) is 23.7 Å². The van der Waals surface area contributed by atoms with Gasteiger partial charge < -0.3 is 9.84 Å². The molecule has 6 rings (SSSR count). The zero-order valence-electron chi connectivity index (χ0n) is 19.4. The second-order valence-corrected chi connectivity index (χ2v) is 9.14. The van der Waals surface area contributed by atoms with Gasteiger partial charge in [0, 0.05) is 11.8 Å². The molecule has 0 unspecified atom stereocenters. The van der Waals surface area contributed by atoms with Crippen LogP contribution in [0.2, 0.25) is 0 Å². The van der Waals surface area contributed by atoms with Crippen LogP contribution in [-0.4, -0.2) is 36.7 Å². The number of aromatic hydroxyl groups is 1. The molecule has 12 heteroatoms. The monoisotopic (exact) mass is 507 g/mol. The predicted octanol–water partition coefficient (Wildman–Crippen LogP) is 4.50. The Balaban J connectivity index is 1.78. The molecule has 0 atom stereocenters. The largest absolute Gasteiger partial charge is 0.501 e. The Bertz CT molecular complexity index is 1650. The van der Waals surface area contributed by atoms with E-state index in [-0.39, 0.29) is 39.9 Å². The quantitative estimate of drug-likeness (QED) is 0.298. The number of fused-ring (bicyclic) bond motifs is 1. The maximum atomic E-state index is 15.4. The zero-order chi connectivity index (χ0) is 26.0. The Morgan fingerprint density at radius 3 is 2.32 bits per heavy atom. The first-order chi connectivity index (χ1) is 17.8. The van der Waals surface area contributed by atoms with Crippen LogP contribution in [0.1, 0.15) is 48.9 Å². The van der Waals surface area contributed by atoms with Crippen molar-refractivity contribution in [1.82, 2.24) is 19.5 Å². The molecule has 0 saturated heterocycles. The fourth-order valence-corrected chi connectivity index (χ4v) is 4.65. The number of pyridine rings is 2. The highest BCUT2D eigenvalue weighted by atomic mass is 19.1. The van der Waals surface area contributed by atoms with Crippen molar-refractivity contribution in [2.45, 2.75) is 37.5 Å². The van der Waals surface area contributed by atoms with Gasteiger partial charge in [-0.2, -0.15) is 0 Å². The fourth-order valence-electron chi connectivity index (χ4n) is 4.65. The predicted molar refractivity (Wildman–Crippen MR) is 127 cm³/mol. The third-order valence-electron chi connectivity index (χ3n) is 6.70. The number of aromatic nitrogens is 4. The minimum atomic E-state index is -1.17. The van der Waals surface area contributed by atoms with Gasteiger partial charge in [0.05, 0.1) is 40.1 Å². The van der Waals surface area contributed by atoms with Crippen molar-refractivity contribution in [2.75, 3.05) is 7.11 Å². The number of benzene rings is 1. The van der Waals surface area contributed by atoms with Crippen molar-refractivity contribution >= 4 is 16.7 Å². The van der Waals surface area contributed by atoms with Gasteiger partial charge in [0.15, 0.2) is 11.5 Å². The average molecular weight is 507 g/mol. The average Bonchev–Trinajstić information content (AvgIpc) is 3.78. The number of ether oxygens (including phenoxy) is 1. The molecule has 0 spiro atoms. The smallest absolute Gasteiger partial charge is 0.376 e. The van der Waals surface area contributed by atoms with Crippen molar-refractivity contribution in [2.24, 2.45) is 0 Å². The summed E-state index contributed by atoms with van der Waals surface area (Å²) in [4.78, 5) is 37.5. The highest BCUT2D eigenvalue weighted by Gasteiger charge is 2.38. The normalized spacial score (nSPS) is 15.2. The Hall–Kier alpha value is -4.48. The van der Waals surface area contributed by atoms with Crippen LogP contribution >= 0.6 is 0 Å². The number of nitrogens with zero attached hydrogens (tertiary/aromatic N) is 5. The van der Waals surface area contributed by atoms with Crippen molar-refractivity contribution in [3.05, 3.63) is 74.1 Å². The molecule has 2 aliphatic carbocycles. The number of hydrogen-bond donors (Lipinski definition) is 1. The molecule has 1 aromatic carbocycles. The van der Waals surface area contributed by atoms with Gasteiger partial charge in [-0.15, -0.1) is 0 Å². The first-order valence-corrected chi connectivity index (χ1v) is 11.6. The third kappa shape index (κ3) is 3.59. The summed E-state index contributed by atoms with van der Waals surface area (Å²) < 4.78 is 36.5. The summed E-state index contributed by atoms with van der Waals surface area (Å²) >= 11 is 0. The summed E-state index contributed by atoms with van der Waals surface area (Å²) in [5.41, 5.74) is -2.06. The summed E-state index contributed by atoms with van der Waals surface area (Å²) in [6.07, 6.45) is 4.62. The van der Waals surface area contributed by atoms with Gasteiger partial charge in [-0.1, -0.05) is 6.07 Å².